The molecule has 0 fully saturated rings. The second kappa shape index (κ2) is 5.22. The molecule has 0 bridgehead atoms. The predicted octanol–water partition coefficient (Wildman–Crippen LogP) is 1.41. The Morgan fingerprint density at radius 2 is 1.95 bits per heavy atom. The zero-order valence-corrected chi connectivity index (χ0v) is 10.2. The predicted molar refractivity (Wildman–Crippen MR) is 73.5 cm³/mol. The van der Waals surface area contributed by atoms with Crippen molar-refractivity contribution in [3.8, 4) is 0 Å². The molecule has 1 heterocycles. The van der Waals surface area contributed by atoms with Crippen LogP contribution in [0.1, 0.15) is 10.4 Å². The summed E-state index contributed by atoms with van der Waals surface area (Å²) in [4.78, 5) is 25.2. The fourth-order valence-corrected chi connectivity index (χ4v) is 1.54. The molecule has 0 aliphatic heterocycles. The van der Waals surface area contributed by atoms with E-state index in [9.17, 15) is 14.9 Å². The van der Waals surface area contributed by atoms with Gasteiger partial charge in [-0.25, -0.2) is 4.98 Å². The van der Waals surface area contributed by atoms with Crippen LogP contribution in [0.3, 0.4) is 0 Å². The molecule has 0 aliphatic rings. The first-order chi connectivity index (χ1) is 9.47. The van der Waals surface area contributed by atoms with Crippen molar-refractivity contribution in [3.05, 3.63) is 52.2 Å². The summed E-state index contributed by atoms with van der Waals surface area (Å²) < 4.78 is 0. The smallest absolute Gasteiger partial charge is 0.288 e. The van der Waals surface area contributed by atoms with Gasteiger partial charge < -0.3 is 16.8 Å². The van der Waals surface area contributed by atoms with Gasteiger partial charge >= 0.3 is 0 Å². The summed E-state index contributed by atoms with van der Waals surface area (Å²) in [5.74, 6) is -0.660. The molecule has 8 nitrogen and oxygen atoms in total. The summed E-state index contributed by atoms with van der Waals surface area (Å²) in [6.45, 7) is 0. The number of benzene rings is 1. The molecule has 1 aromatic heterocycles. The molecule has 1 amide bonds. The molecule has 0 atom stereocenters. The number of nitrogens with zero attached hydrogens (tertiary/aromatic N) is 2. The van der Waals surface area contributed by atoms with Crippen molar-refractivity contribution in [2.45, 2.75) is 0 Å². The van der Waals surface area contributed by atoms with E-state index in [1.165, 1.54) is 0 Å². The molecule has 8 heteroatoms. The lowest BCUT2D eigenvalue weighted by Crippen LogP contribution is -2.14. The van der Waals surface area contributed by atoms with Gasteiger partial charge in [-0.05, 0) is 24.3 Å². The number of anilines is 3. The van der Waals surface area contributed by atoms with Crippen LogP contribution in [-0.2, 0) is 0 Å². The van der Waals surface area contributed by atoms with Crippen LogP contribution in [-0.4, -0.2) is 15.8 Å². The van der Waals surface area contributed by atoms with Gasteiger partial charge in [0.2, 0.25) is 0 Å². The van der Waals surface area contributed by atoms with E-state index in [2.05, 4.69) is 10.3 Å². The van der Waals surface area contributed by atoms with Crippen LogP contribution < -0.4 is 16.8 Å². The van der Waals surface area contributed by atoms with Crippen molar-refractivity contribution in [1.29, 1.82) is 0 Å². The minimum absolute atomic E-state index is 0.0592. The molecule has 0 radical (unpaired) electrons. The molecule has 102 valence electrons. The molecule has 0 spiro atoms. The van der Waals surface area contributed by atoms with Crippen molar-refractivity contribution in [1.82, 2.24) is 4.98 Å². The van der Waals surface area contributed by atoms with E-state index >= 15 is 0 Å². The minimum Gasteiger partial charge on any atom is -0.399 e. The maximum atomic E-state index is 11.3. The van der Waals surface area contributed by atoms with Gasteiger partial charge in [0.15, 0.2) is 0 Å². The molecule has 5 N–H and O–H groups in total. The third-order valence-electron chi connectivity index (χ3n) is 2.52. The average Bonchev–Trinajstić information content (AvgIpc) is 2.41. The number of nitrogen functional groups attached to an aromatic ring is 1. The number of carbonyl (C=O) groups is 1. The Morgan fingerprint density at radius 3 is 2.50 bits per heavy atom. The van der Waals surface area contributed by atoms with Gasteiger partial charge in [-0.1, -0.05) is 0 Å². The highest BCUT2D eigenvalue weighted by molar-refractivity contribution is 5.98. The van der Waals surface area contributed by atoms with Crippen LogP contribution in [0.15, 0.2) is 36.5 Å². The lowest BCUT2D eigenvalue weighted by atomic mass is 10.2. The fraction of sp³-hybridized carbons (Fsp3) is 0. The first-order valence-corrected chi connectivity index (χ1v) is 5.54. The molecule has 1 aromatic carbocycles. The van der Waals surface area contributed by atoms with Crippen molar-refractivity contribution >= 4 is 28.8 Å². The van der Waals surface area contributed by atoms with Crippen molar-refractivity contribution in [2.24, 2.45) is 5.73 Å². The first kappa shape index (κ1) is 13.3. The maximum absolute atomic E-state index is 11.3. The number of nitro groups is 1. The Balaban J connectivity index is 2.38. The highest BCUT2D eigenvalue weighted by atomic mass is 16.6. The number of primary amides is 1. The van der Waals surface area contributed by atoms with Gasteiger partial charge in [0, 0.05) is 17.4 Å². The maximum Gasteiger partial charge on any atom is 0.288 e. The third-order valence-corrected chi connectivity index (χ3v) is 2.52. The quantitative estimate of drug-likeness (QED) is 0.437. The number of nitrogens with one attached hydrogen (secondary N) is 1. The summed E-state index contributed by atoms with van der Waals surface area (Å²) >= 11 is 0. The topological polar surface area (TPSA) is 137 Å². The van der Waals surface area contributed by atoms with Crippen LogP contribution in [0.5, 0.6) is 0 Å². The zero-order valence-electron chi connectivity index (χ0n) is 10.2. The number of pyridine rings is 1. The molecule has 0 aliphatic carbocycles. The molecule has 2 rings (SSSR count). The Labute approximate surface area is 113 Å². The second-order valence-electron chi connectivity index (χ2n) is 3.96. The monoisotopic (exact) mass is 273 g/mol. The standard InChI is InChI=1S/C12H11N5O3/c13-7-1-3-8(4-2-7)16-12-10(11(14)18)5-9(6-15-12)17(19)20/h1-6H,13H2,(H2,14,18)(H,15,16). The van der Waals surface area contributed by atoms with Crippen LogP contribution in [0.25, 0.3) is 0 Å². The Hall–Kier alpha value is -3.16. The molecule has 2 aromatic rings. The Kier molecular flexibility index (Phi) is 3.47. The normalized spacial score (nSPS) is 10.0. The largest absolute Gasteiger partial charge is 0.399 e. The summed E-state index contributed by atoms with van der Waals surface area (Å²) in [5, 5.41) is 13.5. The summed E-state index contributed by atoms with van der Waals surface area (Å²) in [6.07, 6.45) is 1.05. The lowest BCUT2D eigenvalue weighted by molar-refractivity contribution is -0.385. The van der Waals surface area contributed by atoms with Crippen LogP contribution in [0.2, 0.25) is 0 Å². The SMILES string of the molecule is NC(=O)c1cc([N+](=O)[O-])cnc1Nc1ccc(N)cc1. The number of rotatable bonds is 4. The molecule has 0 saturated heterocycles. The van der Waals surface area contributed by atoms with E-state index in [4.69, 9.17) is 11.5 Å². The molecule has 20 heavy (non-hydrogen) atoms. The van der Waals surface area contributed by atoms with Crippen molar-refractivity contribution < 1.29 is 9.72 Å². The number of aromatic nitrogens is 1. The van der Waals surface area contributed by atoms with E-state index < -0.39 is 10.8 Å². The van der Waals surface area contributed by atoms with Gasteiger partial charge in [0.1, 0.15) is 12.0 Å². The number of hydrogen-bond donors (Lipinski definition) is 3. The second-order valence-corrected chi connectivity index (χ2v) is 3.96. The highest BCUT2D eigenvalue weighted by Crippen LogP contribution is 2.22. The van der Waals surface area contributed by atoms with Crippen molar-refractivity contribution in [2.75, 3.05) is 11.1 Å². The average molecular weight is 273 g/mol. The summed E-state index contributed by atoms with van der Waals surface area (Å²) in [5.41, 5.74) is 11.6. The van der Waals surface area contributed by atoms with Gasteiger partial charge in [0.05, 0.1) is 10.5 Å². The van der Waals surface area contributed by atoms with Gasteiger partial charge in [-0.2, -0.15) is 0 Å². The van der Waals surface area contributed by atoms with Gasteiger partial charge in [-0.15, -0.1) is 0 Å². The van der Waals surface area contributed by atoms with Gasteiger partial charge in [-0.3, -0.25) is 14.9 Å². The van der Waals surface area contributed by atoms with Crippen LogP contribution >= 0.6 is 0 Å². The van der Waals surface area contributed by atoms with Gasteiger partial charge in [0.25, 0.3) is 11.6 Å². The van der Waals surface area contributed by atoms with E-state index in [0.717, 1.165) is 12.3 Å². The molecular formula is C12H11N5O3. The van der Waals surface area contributed by atoms with Crippen LogP contribution in [0, 0.1) is 10.1 Å². The Morgan fingerprint density at radius 1 is 1.30 bits per heavy atom. The molecular weight excluding hydrogens is 262 g/mol. The van der Waals surface area contributed by atoms with E-state index in [0.29, 0.717) is 11.4 Å². The van der Waals surface area contributed by atoms with Crippen molar-refractivity contribution in [3.63, 3.8) is 0 Å². The minimum atomic E-state index is -0.806. The van der Waals surface area contributed by atoms with E-state index in [1.54, 1.807) is 24.3 Å². The summed E-state index contributed by atoms with van der Waals surface area (Å²) in [7, 11) is 0. The number of amides is 1. The Bertz CT molecular complexity index is 669. The van der Waals surface area contributed by atoms with E-state index in [-0.39, 0.29) is 17.1 Å². The lowest BCUT2D eigenvalue weighted by Gasteiger charge is -2.09. The zero-order chi connectivity index (χ0) is 14.7. The number of carbonyl (C=O) groups excluding carboxylic acids is 1. The number of nitrogens with two attached hydrogens (primary N) is 2. The number of hydrogen-bond acceptors (Lipinski definition) is 6. The molecule has 0 saturated carbocycles. The first-order valence-electron chi connectivity index (χ1n) is 5.54. The fourth-order valence-electron chi connectivity index (χ4n) is 1.54. The summed E-state index contributed by atoms with van der Waals surface area (Å²) in [6, 6.07) is 7.77. The van der Waals surface area contributed by atoms with E-state index in [1.807, 2.05) is 0 Å². The molecule has 0 unspecified atom stereocenters. The van der Waals surface area contributed by atoms with Crippen LogP contribution in [0.4, 0.5) is 22.9 Å². The highest BCUT2D eigenvalue weighted by Gasteiger charge is 2.16. The third kappa shape index (κ3) is 2.80.